The van der Waals surface area contributed by atoms with Crippen molar-refractivity contribution >= 4 is 23.7 Å². The molecule has 0 aromatic heterocycles. The quantitative estimate of drug-likeness (QED) is 0.768. The van der Waals surface area contributed by atoms with E-state index in [0.717, 1.165) is 5.56 Å². The van der Waals surface area contributed by atoms with Crippen LogP contribution < -0.4 is 9.64 Å². The number of hydrogen-bond acceptors (Lipinski definition) is 6. The molecule has 0 aliphatic carbocycles. The summed E-state index contributed by atoms with van der Waals surface area (Å²) in [7, 11) is 4.07. The summed E-state index contributed by atoms with van der Waals surface area (Å²) in [5.41, 5.74) is 1.53. The number of benzene rings is 1. The maximum absolute atomic E-state index is 12.4. The number of carbonyl (C=O) groups is 2. The highest BCUT2D eigenvalue weighted by Gasteiger charge is 2.27. The van der Waals surface area contributed by atoms with E-state index in [1.165, 1.54) is 20.3 Å². The van der Waals surface area contributed by atoms with Crippen molar-refractivity contribution in [2.24, 2.45) is 0 Å². The zero-order chi connectivity index (χ0) is 18.4. The largest absolute Gasteiger partial charge is 0.496 e. The third-order valence-corrected chi connectivity index (χ3v) is 3.60. The van der Waals surface area contributed by atoms with Crippen LogP contribution >= 0.6 is 0 Å². The average Bonchev–Trinajstić information content (AvgIpc) is 2.88. The Kier molecular flexibility index (Phi) is 5.79. The van der Waals surface area contributed by atoms with Gasteiger partial charge in [-0.2, -0.15) is 0 Å². The lowest BCUT2D eigenvalue weighted by molar-refractivity contribution is -0.139. The second-order valence-electron chi connectivity index (χ2n) is 4.95. The number of rotatable bonds is 5. The lowest BCUT2D eigenvalue weighted by Gasteiger charge is -2.23. The van der Waals surface area contributed by atoms with Gasteiger partial charge in [0.15, 0.2) is 0 Å². The highest BCUT2D eigenvalue weighted by atomic mass is 16.5. The molecule has 0 fully saturated rings. The van der Waals surface area contributed by atoms with Gasteiger partial charge in [0.2, 0.25) is 0 Å². The molecule has 0 amide bonds. The Morgan fingerprint density at radius 2 is 1.80 bits per heavy atom. The van der Waals surface area contributed by atoms with Crippen LogP contribution in [0.1, 0.15) is 5.56 Å². The molecule has 130 valence electrons. The number of anilines is 1. The molecule has 0 spiro atoms. The van der Waals surface area contributed by atoms with E-state index in [-0.39, 0.29) is 11.3 Å². The van der Waals surface area contributed by atoms with E-state index >= 15 is 0 Å². The molecule has 2 rings (SSSR count). The molecule has 1 aliphatic heterocycles. The van der Waals surface area contributed by atoms with Gasteiger partial charge in [-0.15, -0.1) is 0 Å². The summed E-state index contributed by atoms with van der Waals surface area (Å²) in [6.45, 7) is 3.76. The molecule has 1 aromatic rings. The number of esters is 2. The van der Waals surface area contributed by atoms with E-state index in [4.69, 9.17) is 14.2 Å². The van der Waals surface area contributed by atoms with Crippen molar-refractivity contribution in [2.45, 2.75) is 0 Å². The molecule has 1 heterocycles. The molecular formula is C19H19NO5. The van der Waals surface area contributed by atoms with Crippen molar-refractivity contribution in [1.82, 2.24) is 0 Å². The van der Waals surface area contributed by atoms with Gasteiger partial charge in [0.25, 0.3) is 0 Å². The van der Waals surface area contributed by atoms with Crippen LogP contribution in [0.15, 0.2) is 60.5 Å². The summed E-state index contributed by atoms with van der Waals surface area (Å²) in [6.07, 6.45) is 8.16. The molecule has 0 saturated carbocycles. The maximum Gasteiger partial charge on any atom is 0.355 e. The van der Waals surface area contributed by atoms with Crippen molar-refractivity contribution in [3.8, 4) is 5.75 Å². The molecule has 6 nitrogen and oxygen atoms in total. The Morgan fingerprint density at radius 3 is 2.40 bits per heavy atom. The number of ether oxygens (including phenoxy) is 3. The second-order valence-corrected chi connectivity index (χ2v) is 4.95. The van der Waals surface area contributed by atoms with Crippen molar-refractivity contribution in [2.75, 3.05) is 26.2 Å². The molecule has 0 N–H and O–H groups in total. The van der Waals surface area contributed by atoms with Crippen LogP contribution in [0.3, 0.4) is 0 Å². The van der Waals surface area contributed by atoms with E-state index in [0.29, 0.717) is 11.4 Å². The van der Waals surface area contributed by atoms with E-state index in [2.05, 4.69) is 6.58 Å². The Morgan fingerprint density at radius 1 is 1.08 bits per heavy atom. The number of hydrogen-bond donors (Lipinski definition) is 0. The van der Waals surface area contributed by atoms with Gasteiger partial charge in [-0.05, 0) is 30.4 Å². The number of allylic oxidation sites excluding steroid dienone is 2. The highest BCUT2D eigenvalue weighted by Crippen LogP contribution is 2.30. The SMILES string of the molecule is C=Cc1cc(N2C=CC=CC(C(=O)OC)=C2C(=O)OC)ccc1OC. The van der Waals surface area contributed by atoms with Gasteiger partial charge in [-0.3, -0.25) is 0 Å². The third kappa shape index (κ3) is 3.63. The van der Waals surface area contributed by atoms with Gasteiger partial charge < -0.3 is 19.1 Å². The standard InChI is InChI=1S/C19H19NO5/c1-5-13-12-14(9-10-16(13)23-2)20-11-7-6-8-15(18(21)24-3)17(20)19(22)25-4/h5-12H,1H2,2-4H3. The van der Waals surface area contributed by atoms with Crippen molar-refractivity contribution < 1.29 is 23.8 Å². The van der Waals surface area contributed by atoms with Crippen LogP contribution in [0.4, 0.5) is 5.69 Å². The molecule has 1 aliphatic rings. The molecule has 6 heteroatoms. The molecule has 0 saturated heterocycles. The van der Waals surface area contributed by atoms with Crippen LogP contribution in [0.5, 0.6) is 5.75 Å². The highest BCUT2D eigenvalue weighted by molar-refractivity contribution is 6.05. The minimum absolute atomic E-state index is 0.0551. The molecule has 0 bridgehead atoms. The van der Waals surface area contributed by atoms with Crippen LogP contribution in [-0.4, -0.2) is 33.3 Å². The predicted molar refractivity (Wildman–Crippen MR) is 94.9 cm³/mol. The molecule has 0 unspecified atom stereocenters. The minimum Gasteiger partial charge on any atom is -0.496 e. The van der Waals surface area contributed by atoms with E-state index in [1.54, 1.807) is 54.6 Å². The zero-order valence-electron chi connectivity index (χ0n) is 14.3. The first-order valence-electron chi connectivity index (χ1n) is 7.42. The Bertz CT molecular complexity index is 789. The summed E-state index contributed by atoms with van der Waals surface area (Å²) in [5, 5.41) is 0. The fourth-order valence-corrected chi connectivity index (χ4v) is 2.40. The number of nitrogens with zero attached hydrogens (tertiary/aromatic N) is 1. The van der Waals surface area contributed by atoms with Crippen LogP contribution in [-0.2, 0) is 19.1 Å². The fraction of sp³-hybridized carbons (Fsp3) is 0.158. The zero-order valence-corrected chi connectivity index (χ0v) is 14.3. The molecule has 1 aromatic carbocycles. The predicted octanol–water partition coefficient (Wildman–Crippen LogP) is 2.83. The van der Waals surface area contributed by atoms with Crippen molar-refractivity contribution in [3.63, 3.8) is 0 Å². The van der Waals surface area contributed by atoms with E-state index in [1.807, 2.05) is 0 Å². The van der Waals surface area contributed by atoms with E-state index < -0.39 is 11.9 Å². The maximum atomic E-state index is 12.4. The van der Waals surface area contributed by atoms with Crippen LogP contribution in [0.2, 0.25) is 0 Å². The average molecular weight is 341 g/mol. The summed E-state index contributed by atoms with van der Waals surface area (Å²) in [6, 6.07) is 5.31. The topological polar surface area (TPSA) is 65.1 Å². The molecule has 25 heavy (non-hydrogen) atoms. The van der Waals surface area contributed by atoms with Gasteiger partial charge >= 0.3 is 11.9 Å². The van der Waals surface area contributed by atoms with Crippen LogP contribution in [0, 0.1) is 0 Å². The fourth-order valence-electron chi connectivity index (χ4n) is 2.40. The first-order valence-corrected chi connectivity index (χ1v) is 7.42. The minimum atomic E-state index is -0.660. The third-order valence-electron chi connectivity index (χ3n) is 3.60. The monoisotopic (exact) mass is 341 g/mol. The summed E-state index contributed by atoms with van der Waals surface area (Å²) >= 11 is 0. The Labute approximate surface area is 146 Å². The lowest BCUT2D eigenvalue weighted by atomic mass is 10.1. The van der Waals surface area contributed by atoms with Gasteiger partial charge in [-0.25, -0.2) is 9.59 Å². The summed E-state index contributed by atoms with van der Waals surface area (Å²) in [4.78, 5) is 26.1. The Balaban J connectivity index is 2.66. The Hall–Kier alpha value is -3.28. The lowest BCUT2D eigenvalue weighted by Crippen LogP contribution is -2.27. The number of methoxy groups -OCH3 is 3. The smallest absolute Gasteiger partial charge is 0.355 e. The van der Waals surface area contributed by atoms with Crippen molar-refractivity contribution in [1.29, 1.82) is 0 Å². The van der Waals surface area contributed by atoms with Gasteiger partial charge in [-0.1, -0.05) is 18.7 Å². The summed E-state index contributed by atoms with van der Waals surface area (Å²) < 4.78 is 14.9. The second kappa shape index (κ2) is 8.01. The molecular weight excluding hydrogens is 322 g/mol. The number of carbonyl (C=O) groups excluding carboxylic acids is 2. The molecule has 0 atom stereocenters. The normalized spacial score (nSPS) is 13.3. The first-order chi connectivity index (χ1) is 12.1. The first kappa shape index (κ1) is 18.1. The van der Waals surface area contributed by atoms with Gasteiger partial charge in [0, 0.05) is 17.5 Å². The summed E-state index contributed by atoms with van der Waals surface area (Å²) in [5.74, 6) is -0.650. The van der Waals surface area contributed by atoms with Gasteiger partial charge in [0.05, 0.1) is 26.9 Å². The molecule has 0 radical (unpaired) electrons. The van der Waals surface area contributed by atoms with Crippen molar-refractivity contribution in [3.05, 3.63) is 66.0 Å². The van der Waals surface area contributed by atoms with Crippen LogP contribution in [0.25, 0.3) is 6.08 Å². The van der Waals surface area contributed by atoms with Gasteiger partial charge in [0.1, 0.15) is 11.4 Å². The van der Waals surface area contributed by atoms with E-state index in [9.17, 15) is 9.59 Å².